The molecule has 1 aromatic heterocycles. The van der Waals surface area contributed by atoms with Crippen molar-refractivity contribution in [1.82, 2.24) is 9.97 Å². The van der Waals surface area contributed by atoms with Gasteiger partial charge in [-0.1, -0.05) is 13.8 Å². The maximum atomic E-state index is 5.55. The van der Waals surface area contributed by atoms with E-state index in [1.165, 1.54) is 0 Å². The summed E-state index contributed by atoms with van der Waals surface area (Å²) in [6.45, 7) is 5.01. The molecule has 0 aliphatic carbocycles. The van der Waals surface area contributed by atoms with Crippen molar-refractivity contribution in [3.63, 3.8) is 0 Å². The summed E-state index contributed by atoms with van der Waals surface area (Å²) in [5, 5.41) is 2.87. The Labute approximate surface area is 98.6 Å². The molecule has 0 fully saturated rings. The molecule has 1 aromatic rings. The van der Waals surface area contributed by atoms with Crippen LogP contribution in [0.2, 0.25) is 0 Å². The van der Waals surface area contributed by atoms with E-state index < -0.39 is 0 Å². The molecule has 5 heteroatoms. The van der Waals surface area contributed by atoms with Gasteiger partial charge in [0.15, 0.2) is 0 Å². The van der Waals surface area contributed by atoms with Crippen molar-refractivity contribution in [3.05, 3.63) is 10.7 Å². The third kappa shape index (κ3) is 4.03. The van der Waals surface area contributed by atoms with Gasteiger partial charge in [0.2, 0.25) is 11.8 Å². The van der Waals surface area contributed by atoms with Gasteiger partial charge in [0.05, 0.1) is 17.3 Å². The van der Waals surface area contributed by atoms with Crippen LogP contribution in [0.4, 0.5) is 5.95 Å². The van der Waals surface area contributed by atoms with Crippen LogP contribution in [0.5, 0.6) is 5.88 Å². The number of anilines is 1. The first-order chi connectivity index (χ1) is 7.13. The number of rotatable bonds is 5. The summed E-state index contributed by atoms with van der Waals surface area (Å²) in [6, 6.07) is 0. The maximum Gasteiger partial charge on any atom is 0.232 e. The second-order valence-electron chi connectivity index (χ2n) is 3.63. The van der Waals surface area contributed by atoms with E-state index in [9.17, 15) is 0 Å². The Balaban J connectivity index is 2.59. The number of ether oxygens (including phenoxy) is 1. The van der Waals surface area contributed by atoms with Gasteiger partial charge in [-0.15, -0.1) is 0 Å². The molecule has 0 bridgehead atoms. The molecule has 1 heterocycles. The zero-order valence-electron chi connectivity index (χ0n) is 9.25. The first-order valence-corrected chi connectivity index (χ1v) is 5.76. The van der Waals surface area contributed by atoms with Crippen LogP contribution >= 0.6 is 15.9 Å². The van der Waals surface area contributed by atoms with Crippen molar-refractivity contribution in [1.29, 1.82) is 0 Å². The Bertz CT molecular complexity index is 318. The minimum Gasteiger partial charge on any atom is -0.477 e. The molecule has 0 aliphatic rings. The van der Waals surface area contributed by atoms with Gasteiger partial charge in [-0.25, -0.2) is 4.98 Å². The number of nitrogens with zero attached hydrogens (tertiary/aromatic N) is 2. The molecular weight excluding hydrogens is 258 g/mol. The summed E-state index contributed by atoms with van der Waals surface area (Å²) >= 11 is 3.35. The average Bonchev–Trinajstić information content (AvgIpc) is 2.20. The first-order valence-electron chi connectivity index (χ1n) is 4.96. The summed E-state index contributed by atoms with van der Waals surface area (Å²) in [5.74, 6) is 1.79. The van der Waals surface area contributed by atoms with Gasteiger partial charge in [0.1, 0.15) is 0 Å². The van der Waals surface area contributed by atoms with Crippen LogP contribution in [0.15, 0.2) is 10.7 Å². The van der Waals surface area contributed by atoms with Gasteiger partial charge in [-0.2, -0.15) is 4.98 Å². The maximum absolute atomic E-state index is 5.55. The third-order valence-corrected chi connectivity index (χ3v) is 2.41. The molecule has 0 amide bonds. The summed E-state index contributed by atoms with van der Waals surface area (Å²) in [7, 11) is 1.78. The highest BCUT2D eigenvalue weighted by atomic mass is 79.9. The van der Waals surface area contributed by atoms with E-state index >= 15 is 0 Å². The monoisotopic (exact) mass is 273 g/mol. The fourth-order valence-electron chi connectivity index (χ4n) is 0.964. The topological polar surface area (TPSA) is 47.0 Å². The van der Waals surface area contributed by atoms with E-state index in [2.05, 4.69) is 45.1 Å². The molecule has 1 rings (SSSR count). The van der Waals surface area contributed by atoms with E-state index in [0.29, 0.717) is 24.4 Å². The molecule has 1 N–H and O–H groups in total. The highest BCUT2D eigenvalue weighted by Crippen LogP contribution is 2.22. The molecule has 84 valence electrons. The number of aromatic nitrogens is 2. The lowest BCUT2D eigenvalue weighted by Crippen LogP contribution is -2.05. The van der Waals surface area contributed by atoms with Crippen LogP contribution in [-0.4, -0.2) is 23.6 Å². The van der Waals surface area contributed by atoms with Crippen LogP contribution in [0.25, 0.3) is 0 Å². The third-order valence-electron chi connectivity index (χ3n) is 1.87. The smallest absolute Gasteiger partial charge is 0.232 e. The van der Waals surface area contributed by atoms with E-state index in [-0.39, 0.29) is 0 Å². The van der Waals surface area contributed by atoms with Crippen molar-refractivity contribution in [2.24, 2.45) is 5.92 Å². The van der Waals surface area contributed by atoms with Gasteiger partial charge >= 0.3 is 0 Å². The standard InChI is InChI=1S/C10H16BrN3O/c1-7(2)4-5-15-9-8(11)6-13-10(12-3)14-9/h6-7H,4-5H2,1-3H3,(H,12,13,14). The fourth-order valence-corrected chi connectivity index (χ4v) is 1.27. The molecule has 0 aromatic carbocycles. The first kappa shape index (κ1) is 12.2. The lowest BCUT2D eigenvalue weighted by Gasteiger charge is -2.09. The molecule has 4 nitrogen and oxygen atoms in total. The highest BCUT2D eigenvalue weighted by molar-refractivity contribution is 9.10. The molecule has 0 aliphatic heterocycles. The zero-order chi connectivity index (χ0) is 11.3. The van der Waals surface area contributed by atoms with Crippen molar-refractivity contribution < 1.29 is 4.74 Å². The minimum absolute atomic E-state index is 0.567. The Morgan fingerprint density at radius 1 is 1.53 bits per heavy atom. The van der Waals surface area contributed by atoms with Gasteiger partial charge < -0.3 is 10.1 Å². The molecule has 0 saturated heterocycles. The second kappa shape index (κ2) is 5.90. The summed E-state index contributed by atoms with van der Waals surface area (Å²) in [4.78, 5) is 8.25. The zero-order valence-corrected chi connectivity index (χ0v) is 10.8. The Hall–Kier alpha value is -0.840. The fraction of sp³-hybridized carbons (Fsp3) is 0.600. The van der Waals surface area contributed by atoms with E-state index in [4.69, 9.17) is 4.74 Å². The van der Waals surface area contributed by atoms with Gasteiger partial charge in [-0.05, 0) is 28.3 Å². The lowest BCUT2D eigenvalue weighted by atomic mass is 10.1. The largest absolute Gasteiger partial charge is 0.477 e. The average molecular weight is 274 g/mol. The van der Waals surface area contributed by atoms with Crippen LogP contribution < -0.4 is 10.1 Å². The number of hydrogen-bond acceptors (Lipinski definition) is 4. The van der Waals surface area contributed by atoms with Gasteiger partial charge in [0.25, 0.3) is 0 Å². The predicted octanol–water partition coefficient (Wildman–Crippen LogP) is 2.71. The minimum atomic E-state index is 0.567. The predicted molar refractivity (Wildman–Crippen MR) is 64.2 cm³/mol. The Morgan fingerprint density at radius 3 is 2.87 bits per heavy atom. The molecule has 0 radical (unpaired) electrons. The van der Waals surface area contributed by atoms with Crippen molar-refractivity contribution in [2.45, 2.75) is 20.3 Å². The molecule has 0 saturated carbocycles. The highest BCUT2D eigenvalue weighted by Gasteiger charge is 2.05. The number of hydrogen-bond donors (Lipinski definition) is 1. The molecule has 15 heavy (non-hydrogen) atoms. The number of nitrogens with one attached hydrogen (secondary N) is 1. The normalized spacial score (nSPS) is 10.5. The van der Waals surface area contributed by atoms with Crippen LogP contribution in [0.1, 0.15) is 20.3 Å². The van der Waals surface area contributed by atoms with Gasteiger partial charge in [0, 0.05) is 7.05 Å². The lowest BCUT2D eigenvalue weighted by molar-refractivity contribution is 0.277. The Morgan fingerprint density at radius 2 is 2.27 bits per heavy atom. The van der Waals surface area contributed by atoms with E-state index in [1.54, 1.807) is 13.2 Å². The van der Waals surface area contributed by atoms with Crippen LogP contribution in [0, 0.1) is 5.92 Å². The molecule has 0 atom stereocenters. The molecular formula is C10H16BrN3O. The summed E-state index contributed by atoms with van der Waals surface area (Å²) in [5.41, 5.74) is 0. The van der Waals surface area contributed by atoms with Crippen LogP contribution in [-0.2, 0) is 0 Å². The Kier molecular flexibility index (Phi) is 4.81. The summed E-state index contributed by atoms with van der Waals surface area (Å²) < 4.78 is 6.33. The number of halogens is 1. The molecule has 0 unspecified atom stereocenters. The summed E-state index contributed by atoms with van der Waals surface area (Å²) in [6.07, 6.45) is 2.70. The van der Waals surface area contributed by atoms with Crippen molar-refractivity contribution in [2.75, 3.05) is 19.0 Å². The van der Waals surface area contributed by atoms with Gasteiger partial charge in [-0.3, -0.25) is 0 Å². The van der Waals surface area contributed by atoms with Crippen molar-refractivity contribution >= 4 is 21.9 Å². The van der Waals surface area contributed by atoms with Crippen molar-refractivity contribution in [3.8, 4) is 5.88 Å². The van der Waals surface area contributed by atoms with E-state index in [1.807, 2.05) is 0 Å². The van der Waals surface area contributed by atoms with E-state index in [0.717, 1.165) is 10.9 Å². The second-order valence-corrected chi connectivity index (χ2v) is 4.48. The quantitative estimate of drug-likeness (QED) is 0.896. The molecule has 0 spiro atoms. The van der Waals surface area contributed by atoms with Crippen LogP contribution in [0.3, 0.4) is 0 Å². The SMILES string of the molecule is CNc1ncc(Br)c(OCCC(C)C)n1.